The van der Waals surface area contributed by atoms with E-state index < -0.39 is 0 Å². The highest BCUT2D eigenvalue weighted by Crippen LogP contribution is 2.22. The lowest BCUT2D eigenvalue weighted by Crippen LogP contribution is -2.11. The molecule has 2 aromatic carbocycles. The van der Waals surface area contributed by atoms with Crippen molar-refractivity contribution in [2.45, 2.75) is 25.8 Å². The fourth-order valence-corrected chi connectivity index (χ4v) is 3.45. The maximum absolute atomic E-state index is 12.3. The molecule has 0 aliphatic heterocycles. The van der Waals surface area contributed by atoms with Crippen LogP contribution in [0.4, 0.5) is 5.69 Å². The molecule has 154 valence electrons. The van der Waals surface area contributed by atoms with Crippen LogP contribution in [0.1, 0.15) is 18.7 Å². The smallest absolute Gasteiger partial charge is 0.224 e. The van der Waals surface area contributed by atoms with Gasteiger partial charge in [0.2, 0.25) is 5.91 Å². The normalized spacial score (nSPS) is 11.1. The minimum atomic E-state index is -0.0111. The Kier molecular flexibility index (Phi) is 6.25. The van der Waals surface area contributed by atoms with Gasteiger partial charge in [0.05, 0.1) is 12.8 Å². The number of amides is 1. The summed E-state index contributed by atoms with van der Waals surface area (Å²) in [5, 5.41) is 4.07. The fourth-order valence-electron chi connectivity index (χ4n) is 3.45. The highest BCUT2D eigenvalue weighted by Gasteiger charge is 2.09. The summed E-state index contributed by atoms with van der Waals surface area (Å²) in [6, 6.07) is 17.9. The van der Waals surface area contributed by atoms with Crippen molar-refractivity contribution in [2.75, 3.05) is 19.0 Å². The van der Waals surface area contributed by atoms with Crippen molar-refractivity contribution in [1.29, 1.82) is 0 Å². The molecule has 4 rings (SSSR count). The van der Waals surface area contributed by atoms with Gasteiger partial charge in [0, 0.05) is 54.8 Å². The summed E-state index contributed by atoms with van der Waals surface area (Å²) < 4.78 is 13.1. The molecule has 1 N–H and O–H groups in total. The highest BCUT2D eigenvalue weighted by atomic mass is 16.5. The second-order valence-electron chi connectivity index (χ2n) is 7.16. The maximum atomic E-state index is 12.3. The molecule has 1 amide bonds. The van der Waals surface area contributed by atoms with Gasteiger partial charge < -0.3 is 19.0 Å². The van der Waals surface area contributed by atoms with Gasteiger partial charge in [0.1, 0.15) is 0 Å². The number of aryl methyl sites for hydroxylation is 1. The Morgan fingerprint density at radius 2 is 2.03 bits per heavy atom. The molecule has 30 heavy (non-hydrogen) atoms. The lowest BCUT2D eigenvalue weighted by atomic mass is 10.2. The maximum Gasteiger partial charge on any atom is 0.224 e. The summed E-state index contributed by atoms with van der Waals surface area (Å²) in [4.78, 5) is 16.6. The van der Waals surface area contributed by atoms with Gasteiger partial charge in [-0.25, -0.2) is 4.98 Å². The van der Waals surface area contributed by atoms with E-state index >= 15 is 0 Å². The second-order valence-corrected chi connectivity index (χ2v) is 7.16. The number of carbonyl (C=O) groups is 1. The Morgan fingerprint density at radius 3 is 2.87 bits per heavy atom. The Hall–Kier alpha value is -3.38. The van der Waals surface area contributed by atoms with E-state index in [0.29, 0.717) is 31.8 Å². The molecular weight excluding hydrogens is 378 g/mol. The third-order valence-electron chi connectivity index (χ3n) is 5.00. The molecule has 0 unspecified atom stereocenters. The summed E-state index contributed by atoms with van der Waals surface area (Å²) in [6.45, 7) is 1.47. The minimum Gasteiger partial charge on any atom is -0.441 e. The molecule has 0 fully saturated rings. The van der Waals surface area contributed by atoms with Crippen molar-refractivity contribution in [3.8, 4) is 11.3 Å². The molecule has 0 radical (unpaired) electrons. The Bertz CT molecular complexity index is 1120. The van der Waals surface area contributed by atoms with Gasteiger partial charge >= 0.3 is 0 Å². The van der Waals surface area contributed by atoms with Crippen LogP contribution in [0.15, 0.2) is 71.4 Å². The van der Waals surface area contributed by atoms with Gasteiger partial charge in [-0.15, -0.1) is 0 Å². The molecule has 0 bridgehead atoms. The number of carbonyl (C=O) groups excluding carboxylic acids is 1. The van der Waals surface area contributed by atoms with Gasteiger partial charge in [-0.3, -0.25) is 4.79 Å². The molecule has 0 saturated heterocycles. The summed E-state index contributed by atoms with van der Waals surface area (Å²) >= 11 is 0. The number of hydrogen-bond donors (Lipinski definition) is 1. The van der Waals surface area contributed by atoms with Gasteiger partial charge in [-0.05, 0) is 30.7 Å². The van der Waals surface area contributed by atoms with E-state index in [9.17, 15) is 4.79 Å². The number of anilines is 1. The first kappa shape index (κ1) is 19.9. The Labute approximate surface area is 175 Å². The predicted molar refractivity (Wildman–Crippen MR) is 117 cm³/mol. The number of nitrogens with zero attached hydrogens (tertiary/aromatic N) is 2. The van der Waals surface area contributed by atoms with Crippen LogP contribution in [-0.2, 0) is 22.5 Å². The zero-order valence-corrected chi connectivity index (χ0v) is 17.0. The number of oxazole rings is 1. The molecule has 6 heteroatoms. The first-order valence-corrected chi connectivity index (χ1v) is 10.1. The van der Waals surface area contributed by atoms with E-state index in [1.165, 1.54) is 0 Å². The molecule has 0 saturated carbocycles. The number of hydrogen-bond acceptors (Lipinski definition) is 4. The zero-order valence-electron chi connectivity index (χ0n) is 17.0. The molecule has 0 spiro atoms. The number of fused-ring (bicyclic) bond motifs is 1. The number of rotatable bonds is 9. The van der Waals surface area contributed by atoms with Crippen LogP contribution in [0, 0.1) is 0 Å². The molecule has 0 aliphatic carbocycles. The lowest BCUT2D eigenvalue weighted by Gasteiger charge is -2.07. The number of methoxy groups -OCH3 is 1. The Balaban J connectivity index is 1.28. The van der Waals surface area contributed by atoms with E-state index in [4.69, 9.17) is 9.15 Å². The van der Waals surface area contributed by atoms with Crippen LogP contribution in [-0.4, -0.2) is 29.2 Å². The number of aromatic nitrogens is 2. The number of nitrogens with one attached hydrogen (secondary N) is 1. The Morgan fingerprint density at radius 1 is 1.17 bits per heavy atom. The van der Waals surface area contributed by atoms with E-state index in [1.807, 2.05) is 60.8 Å². The number of ether oxygens (including phenoxy) is 1. The largest absolute Gasteiger partial charge is 0.441 e. The zero-order chi connectivity index (χ0) is 20.8. The van der Waals surface area contributed by atoms with Crippen molar-refractivity contribution >= 4 is 22.5 Å². The summed E-state index contributed by atoms with van der Waals surface area (Å²) in [7, 11) is 1.70. The molecule has 2 heterocycles. The topological polar surface area (TPSA) is 69.3 Å². The van der Waals surface area contributed by atoms with Crippen molar-refractivity contribution in [2.24, 2.45) is 0 Å². The van der Waals surface area contributed by atoms with Crippen molar-refractivity contribution in [3.63, 3.8) is 0 Å². The first-order valence-electron chi connectivity index (χ1n) is 10.1. The fraction of sp³-hybridized carbons (Fsp3) is 0.250. The lowest BCUT2D eigenvalue weighted by molar-refractivity contribution is -0.116. The minimum absolute atomic E-state index is 0.0111. The standard InChI is InChI=1S/C24H25N3O3/c1-29-15-14-27-13-12-19-16-20(10-11-21(19)27)26-23(28)8-5-9-24-25-17-22(30-24)18-6-3-2-4-7-18/h2-4,6-7,10-13,16-17H,5,8-9,14-15H2,1H3,(H,26,28). The molecule has 2 aromatic heterocycles. The SMILES string of the molecule is COCCn1ccc2cc(NC(=O)CCCc3ncc(-c4ccccc4)o3)ccc21. The predicted octanol–water partition coefficient (Wildman–Crippen LogP) is 4.90. The average molecular weight is 403 g/mol. The van der Waals surface area contributed by atoms with Crippen molar-refractivity contribution in [3.05, 3.63) is 72.9 Å². The van der Waals surface area contributed by atoms with Crippen LogP contribution < -0.4 is 5.32 Å². The monoisotopic (exact) mass is 403 g/mol. The summed E-state index contributed by atoms with van der Waals surface area (Å²) in [6.07, 6.45) is 5.49. The van der Waals surface area contributed by atoms with Crippen LogP contribution in [0.25, 0.3) is 22.2 Å². The first-order chi connectivity index (χ1) is 14.7. The molecule has 0 atom stereocenters. The third kappa shape index (κ3) is 4.78. The summed E-state index contributed by atoms with van der Waals surface area (Å²) in [5.74, 6) is 1.39. The van der Waals surface area contributed by atoms with E-state index in [2.05, 4.69) is 14.9 Å². The molecular formula is C24H25N3O3. The molecule has 0 aliphatic rings. The van der Waals surface area contributed by atoms with Gasteiger partial charge in [-0.2, -0.15) is 0 Å². The number of benzene rings is 2. The quantitative estimate of drug-likeness (QED) is 0.431. The third-order valence-corrected chi connectivity index (χ3v) is 5.00. The van der Waals surface area contributed by atoms with Crippen molar-refractivity contribution in [1.82, 2.24) is 9.55 Å². The highest BCUT2D eigenvalue weighted by molar-refractivity contribution is 5.93. The van der Waals surface area contributed by atoms with E-state index in [-0.39, 0.29) is 5.91 Å². The average Bonchev–Trinajstić information content (AvgIpc) is 3.40. The van der Waals surface area contributed by atoms with Crippen molar-refractivity contribution < 1.29 is 13.9 Å². The van der Waals surface area contributed by atoms with E-state index in [1.54, 1.807) is 13.3 Å². The van der Waals surface area contributed by atoms with Gasteiger partial charge in [-0.1, -0.05) is 30.3 Å². The molecule has 4 aromatic rings. The van der Waals surface area contributed by atoms with Crippen LogP contribution in [0.5, 0.6) is 0 Å². The van der Waals surface area contributed by atoms with Gasteiger partial charge in [0.25, 0.3) is 0 Å². The van der Waals surface area contributed by atoms with Crippen LogP contribution in [0.2, 0.25) is 0 Å². The van der Waals surface area contributed by atoms with Crippen LogP contribution in [0.3, 0.4) is 0 Å². The summed E-state index contributed by atoms with van der Waals surface area (Å²) in [5.41, 5.74) is 2.93. The second kappa shape index (κ2) is 9.41. The van der Waals surface area contributed by atoms with Crippen LogP contribution >= 0.6 is 0 Å². The van der Waals surface area contributed by atoms with Gasteiger partial charge in [0.15, 0.2) is 11.7 Å². The molecule has 6 nitrogen and oxygen atoms in total. The van der Waals surface area contributed by atoms with E-state index in [0.717, 1.165) is 34.5 Å².